The van der Waals surface area contributed by atoms with Crippen LogP contribution in [0.1, 0.15) is 24.8 Å². The van der Waals surface area contributed by atoms with Gasteiger partial charge in [-0.2, -0.15) is 5.10 Å². The molecular formula is C16H24N2O2. The van der Waals surface area contributed by atoms with E-state index >= 15 is 0 Å². The highest BCUT2D eigenvalue weighted by atomic mass is 16.5. The summed E-state index contributed by atoms with van der Waals surface area (Å²) in [6.07, 6.45) is 6.35. The van der Waals surface area contributed by atoms with Crippen LogP contribution in [-0.2, 0) is 11.2 Å². The summed E-state index contributed by atoms with van der Waals surface area (Å²) >= 11 is 0. The molecule has 4 nitrogen and oxygen atoms in total. The predicted octanol–water partition coefficient (Wildman–Crippen LogP) is 2.72. The van der Waals surface area contributed by atoms with Crippen LogP contribution in [0, 0.1) is 0 Å². The molecule has 1 heterocycles. The second-order valence-electron chi connectivity index (χ2n) is 5.10. The van der Waals surface area contributed by atoms with Gasteiger partial charge in [0.25, 0.3) is 0 Å². The van der Waals surface area contributed by atoms with E-state index in [4.69, 9.17) is 9.47 Å². The van der Waals surface area contributed by atoms with Crippen LogP contribution in [-0.4, -0.2) is 44.6 Å². The zero-order valence-corrected chi connectivity index (χ0v) is 12.4. The highest BCUT2D eigenvalue weighted by Crippen LogP contribution is 2.17. The van der Waals surface area contributed by atoms with Crippen molar-refractivity contribution >= 4 is 6.21 Å². The van der Waals surface area contributed by atoms with Crippen molar-refractivity contribution in [2.75, 3.05) is 27.4 Å². The molecule has 110 valence electrons. The summed E-state index contributed by atoms with van der Waals surface area (Å²) in [7, 11) is 3.45. The molecule has 0 spiro atoms. The van der Waals surface area contributed by atoms with Crippen molar-refractivity contribution in [1.29, 1.82) is 0 Å². The summed E-state index contributed by atoms with van der Waals surface area (Å²) in [5, 5.41) is 6.74. The molecule has 1 aliphatic heterocycles. The Kier molecular flexibility index (Phi) is 5.87. The molecule has 1 fully saturated rings. The number of ether oxygens (including phenoxy) is 2. The van der Waals surface area contributed by atoms with Crippen LogP contribution in [0.15, 0.2) is 29.4 Å². The van der Waals surface area contributed by atoms with Gasteiger partial charge in [0, 0.05) is 19.9 Å². The average Bonchev–Trinajstić information content (AvgIpc) is 2.92. The maximum atomic E-state index is 5.23. The van der Waals surface area contributed by atoms with Crippen LogP contribution in [0.4, 0.5) is 0 Å². The van der Waals surface area contributed by atoms with Crippen LogP contribution in [0.2, 0.25) is 0 Å². The molecule has 0 radical (unpaired) electrons. The molecule has 0 aromatic heterocycles. The molecule has 2 rings (SSSR count). The van der Waals surface area contributed by atoms with E-state index in [0.29, 0.717) is 6.04 Å². The third kappa shape index (κ3) is 4.23. The van der Waals surface area contributed by atoms with E-state index in [9.17, 15) is 0 Å². The zero-order chi connectivity index (χ0) is 14.2. The van der Waals surface area contributed by atoms with Crippen LogP contribution in [0.5, 0.6) is 5.75 Å². The number of hydrogen-bond donors (Lipinski definition) is 0. The Morgan fingerprint density at radius 3 is 3.10 bits per heavy atom. The number of methoxy groups -OCH3 is 2. The van der Waals surface area contributed by atoms with E-state index in [2.05, 4.69) is 22.2 Å². The van der Waals surface area contributed by atoms with E-state index in [1.54, 1.807) is 14.2 Å². The summed E-state index contributed by atoms with van der Waals surface area (Å²) in [5.74, 6) is 0.916. The normalized spacial score (nSPS) is 18.9. The van der Waals surface area contributed by atoms with Gasteiger partial charge in [-0.1, -0.05) is 12.1 Å². The van der Waals surface area contributed by atoms with Crippen molar-refractivity contribution in [1.82, 2.24) is 5.01 Å². The smallest absolute Gasteiger partial charge is 0.119 e. The first kappa shape index (κ1) is 14.9. The molecule has 0 saturated carbocycles. The number of aryl methyl sites for hydroxylation is 1. The van der Waals surface area contributed by atoms with Gasteiger partial charge in [-0.3, -0.25) is 5.01 Å². The van der Waals surface area contributed by atoms with Crippen LogP contribution in [0.3, 0.4) is 0 Å². The summed E-state index contributed by atoms with van der Waals surface area (Å²) in [6, 6.07) is 8.66. The number of nitrogens with zero attached hydrogens (tertiary/aromatic N) is 2. The Balaban J connectivity index is 1.78. The Hall–Kier alpha value is -1.55. The van der Waals surface area contributed by atoms with Crippen molar-refractivity contribution in [2.45, 2.75) is 31.7 Å². The van der Waals surface area contributed by atoms with Gasteiger partial charge in [0.2, 0.25) is 0 Å². The summed E-state index contributed by atoms with van der Waals surface area (Å²) in [4.78, 5) is 0. The molecule has 1 atom stereocenters. The van der Waals surface area contributed by atoms with E-state index < -0.39 is 0 Å². The van der Waals surface area contributed by atoms with Gasteiger partial charge >= 0.3 is 0 Å². The van der Waals surface area contributed by atoms with Crippen molar-refractivity contribution < 1.29 is 9.47 Å². The lowest BCUT2D eigenvalue weighted by Crippen LogP contribution is -2.28. The standard InChI is InChI=1S/C16H24N2O2/c1-19-13-15-8-5-11-18(15)17-10-4-7-14-6-3-9-16(12-14)20-2/h3,6,9-10,12,15H,4-5,7-8,11,13H2,1-2H3/b17-10+/t15-/m0/s1. The number of benzene rings is 1. The van der Waals surface area contributed by atoms with Gasteiger partial charge in [0.1, 0.15) is 5.75 Å². The van der Waals surface area contributed by atoms with E-state index in [-0.39, 0.29) is 0 Å². The first-order valence-electron chi connectivity index (χ1n) is 7.24. The minimum absolute atomic E-state index is 0.452. The molecule has 0 amide bonds. The molecular weight excluding hydrogens is 252 g/mol. The topological polar surface area (TPSA) is 34.1 Å². The largest absolute Gasteiger partial charge is 0.497 e. The van der Waals surface area contributed by atoms with Crippen LogP contribution < -0.4 is 4.74 Å². The maximum absolute atomic E-state index is 5.23. The fraction of sp³-hybridized carbons (Fsp3) is 0.562. The fourth-order valence-electron chi connectivity index (χ4n) is 2.56. The van der Waals surface area contributed by atoms with E-state index in [0.717, 1.165) is 31.7 Å². The first-order chi connectivity index (χ1) is 9.83. The Labute approximate surface area is 121 Å². The summed E-state index contributed by atoms with van der Waals surface area (Å²) < 4.78 is 10.5. The predicted molar refractivity (Wildman–Crippen MR) is 81.4 cm³/mol. The van der Waals surface area contributed by atoms with Crippen LogP contribution in [0.25, 0.3) is 0 Å². The minimum atomic E-state index is 0.452. The third-order valence-corrected chi connectivity index (χ3v) is 3.63. The zero-order valence-electron chi connectivity index (χ0n) is 12.4. The third-order valence-electron chi connectivity index (χ3n) is 3.63. The summed E-state index contributed by atoms with van der Waals surface area (Å²) in [5.41, 5.74) is 1.28. The van der Waals surface area contributed by atoms with Gasteiger partial charge in [-0.15, -0.1) is 0 Å². The Morgan fingerprint density at radius 1 is 1.40 bits per heavy atom. The lowest BCUT2D eigenvalue weighted by molar-refractivity contribution is 0.118. The van der Waals surface area contributed by atoms with Crippen molar-refractivity contribution in [3.63, 3.8) is 0 Å². The highest BCUT2D eigenvalue weighted by molar-refractivity contribution is 5.57. The van der Waals surface area contributed by atoms with E-state index in [1.165, 1.54) is 18.4 Å². The first-order valence-corrected chi connectivity index (χ1v) is 7.24. The second kappa shape index (κ2) is 7.90. The fourth-order valence-corrected chi connectivity index (χ4v) is 2.56. The second-order valence-corrected chi connectivity index (χ2v) is 5.10. The molecule has 1 aliphatic rings. The molecule has 0 aliphatic carbocycles. The summed E-state index contributed by atoms with van der Waals surface area (Å²) in [6.45, 7) is 1.82. The molecule has 1 saturated heterocycles. The number of hydrogen-bond acceptors (Lipinski definition) is 4. The maximum Gasteiger partial charge on any atom is 0.119 e. The molecule has 20 heavy (non-hydrogen) atoms. The Bertz CT molecular complexity index is 434. The number of hydrazone groups is 1. The molecule has 4 heteroatoms. The van der Waals surface area contributed by atoms with Gasteiger partial charge in [0.15, 0.2) is 0 Å². The Morgan fingerprint density at radius 2 is 2.30 bits per heavy atom. The lowest BCUT2D eigenvalue weighted by Gasteiger charge is -2.20. The quantitative estimate of drug-likeness (QED) is 0.718. The molecule has 1 aromatic carbocycles. The monoisotopic (exact) mass is 276 g/mol. The average molecular weight is 276 g/mol. The van der Waals surface area contributed by atoms with Gasteiger partial charge in [-0.25, -0.2) is 0 Å². The molecule has 1 aromatic rings. The number of rotatable bonds is 7. The molecule has 0 bridgehead atoms. The van der Waals surface area contributed by atoms with Gasteiger partial charge in [0.05, 0.1) is 19.8 Å². The molecule has 0 unspecified atom stereocenters. The van der Waals surface area contributed by atoms with Gasteiger partial charge < -0.3 is 9.47 Å². The SMILES string of the molecule is COC[C@@H]1CCCN1/N=C/CCc1cccc(OC)c1. The van der Waals surface area contributed by atoms with E-state index in [1.807, 2.05) is 18.3 Å². The minimum Gasteiger partial charge on any atom is -0.497 e. The molecule has 0 N–H and O–H groups in total. The highest BCUT2D eigenvalue weighted by Gasteiger charge is 2.22. The van der Waals surface area contributed by atoms with Crippen molar-refractivity contribution in [3.8, 4) is 5.75 Å². The van der Waals surface area contributed by atoms with Crippen molar-refractivity contribution in [3.05, 3.63) is 29.8 Å². The van der Waals surface area contributed by atoms with Gasteiger partial charge in [-0.05, 0) is 43.4 Å². The van der Waals surface area contributed by atoms with Crippen LogP contribution >= 0.6 is 0 Å². The lowest BCUT2D eigenvalue weighted by atomic mass is 10.1. The van der Waals surface area contributed by atoms with Crippen molar-refractivity contribution in [2.24, 2.45) is 5.10 Å².